The highest BCUT2D eigenvalue weighted by atomic mass is 79.9. The van der Waals surface area contributed by atoms with E-state index in [0.29, 0.717) is 0 Å². The summed E-state index contributed by atoms with van der Waals surface area (Å²) in [5.74, 6) is 0. The zero-order chi connectivity index (χ0) is 8.85. The monoisotopic (exact) mass is 298 g/mol. The third-order valence-corrected chi connectivity index (χ3v) is 2.47. The van der Waals surface area contributed by atoms with E-state index in [1.165, 1.54) is 0 Å². The molecule has 0 aliphatic heterocycles. The molecule has 0 bridgehead atoms. The third-order valence-electron chi connectivity index (χ3n) is 1.02. The molecule has 0 fully saturated rings. The second kappa shape index (κ2) is 6.04. The fraction of sp³-hybridized carbons (Fsp3) is 0.250. The van der Waals surface area contributed by atoms with Gasteiger partial charge in [0.15, 0.2) is 0 Å². The average Bonchev–Trinajstić information content (AvgIpc) is 1.88. The highest BCUT2D eigenvalue weighted by molar-refractivity contribution is 9.12. The molecule has 0 aliphatic rings. The Morgan fingerprint density at radius 2 is 2.18 bits per heavy atom. The highest BCUT2D eigenvalue weighted by Gasteiger charge is 1.95. The Morgan fingerprint density at radius 1 is 1.64 bits per heavy atom. The van der Waals surface area contributed by atoms with E-state index in [9.17, 15) is 0 Å². The van der Waals surface area contributed by atoms with Crippen molar-refractivity contribution in [3.8, 4) is 0 Å². The van der Waals surface area contributed by atoms with Crippen LogP contribution in [0.1, 0.15) is 6.92 Å². The van der Waals surface area contributed by atoms with Crippen LogP contribution in [-0.2, 0) is 0 Å². The maximum atomic E-state index is 5.68. The zero-order valence-corrected chi connectivity index (χ0v) is 10.1. The van der Waals surface area contributed by atoms with Crippen molar-refractivity contribution < 1.29 is 0 Å². The lowest BCUT2D eigenvalue weighted by Crippen LogP contribution is -1.80. The first-order valence-corrected chi connectivity index (χ1v) is 5.32. The molecule has 0 amide bonds. The topological polar surface area (TPSA) is 0 Å². The first kappa shape index (κ1) is 11.5. The van der Waals surface area contributed by atoms with Gasteiger partial charge in [-0.05, 0) is 18.6 Å². The maximum absolute atomic E-state index is 5.68. The molecule has 3 heteroatoms. The molecular weight excluding hydrogens is 291 g/mol. The van der Waals surface area contributed by atoms with Crippen molar-refractivity contribution in [3.05, 3.63) is 33.8 Å². The minimum atomic E-state index is 0.747. The quantitative estimate of drug-likeness (QED) is 0.536. The molecule has 0 N–H and O–H groups in total. The van der Waals surface area contributed by atoms with Gasteiger partial charge < -0.3 is 0 Å². The van der Waals surface area contributed by atoms with Gasteiger partial charge in [0, 0.05) is 14.8 Å². The van der Waals surface area contributed by atoms with Crippen LogP contribution in [0.4, 0.5) is 0 Å². The van der Waals surface area contributed by atoms with Gasteiger partial charge in [-0.15, -0.1) is 0 Å². The maximum Gasteiger partial charge on any atom is 0.0294 e. The van der Waals surface area contributed by atoms with Crippen molar-refractivity contribution in [2.24, 2.45) is 0 Å². The summed E-state index contributed by atoms with van der Waals surface area (Å²) in [5, 5.41) is 1.52. The summed E-state index contributed by atoms with van der Waals surface area (Å²) in [4.78, 5) is 0. The van der Waals surface area contributed by atoms with E-state index in [1.54, 1.807) is 6.08 Å². The van der Waals surface area contributed by atoms with Crippen LogP contribution in [0.3, 0.4) is 0 Å². The molecule has 0 spiro atoms. The van der Waals surface area contributed by atoms with E-state index >= 15 is 0 Å². The molecule has 0 aromatic rings. The smallest absolute Gasteiger partial charge is 0.0294 e. The van der Waals surface area contributed by atoms with Crippen molar-refractivity contribution in [3.63, 3.8) is 0 Å². The number of rotatable bonds is 3. The van der Waals surface area contributed by atoms with Gasteiger partial charge in [0.2, 0.25) is 0 Å². The summed E-state index contributed by atoms with van der Waals surface area (Å²) in [6, 6.07) is 0. The van der Waals surface area contributed by atoms with Gasteiger partial charge in [0.05, 0.1) is 0 Å². The summed E-state index contributed by atoms with van der Waals surface area (Å²) in [7, 11) is 0. The van der Waals surface area contributed by atoms with Crippen LogP contribution in [0.15, 0.2) is 33.8 Å². The molecule has 0 radical (unpaired) electrons. The fourth-order valence-electron chi connectivity index (χ4n) is 0.483. The van der Waals surface area contributed by atoms with Crippen molar-refractivity contribution in [2.75, 3.05) is 5.33 Å². The Hall–Kier alpha value is 0.470. The lowest BCUT2D eigenvalue weighted by atomic mass is 10.3. The van der Waals surface area contributed by atoms with Crippen LogP contribution in [0, 0.1) is 0 Å². The lowest BCUT2D eigenvalue weighted by Gasteiger charge is -1.97. The van der Waals surface area contributed by atoms with Crippen molar-refractivity contribution >= 4 is 43.5 Å². The van der Waals surface area contributed by atoms with Crippen LogP contribution in [0.25, 0.3) is 0 Å². The van der Waals surface area contributed by atoms with Crippen molar-refractivity contribution in [1.29, 1.82) is 0 Å². The van der Waals surface area contributed by atoms with E-state index in [4.69, 9.17) is 11.6 Å². The van der Waals surface area contributed by atoms with Gasteiger partial charge in [0.25, 0.3) is 0 Å². The molecule has 0 unspecified atom stereocenters. The molecule has 0 aromatic heterocycles. The summed E-state index contributed by atoms with van der Waals surface area (Å²) >= 11 is 12.4. The number of hydrogen-bond acceptors (Lipinski definition) is 0. The standard InChI is InChI=1S/C8H9Br2Cl/c1-3-7(5-9)8(10)4-6(2)11/h3-4H,1,5H2,2H3/b6-4+,8-7-. The van der Waals surface area contributed by atoms with Crippen LogP contribution in [0.2, 0.25) is 0 Å². The molecule has 0 aliphatic carbocycles. The molecule has 62 valence electrons. The predicted molar refractivity (Wildman–Crippen MR) is 59.6 cm³/mol. The molecule has 0 saturated carbocycles. The van der Waals surface area contributed by atoms with Gasteiger partial charge in [-0.2, -0.15) is 0 Å². The fourth-order valence-corrected chi connectivity index (χ4v) is 2.28. The molecule has 0 nitrogen and oxygen atoms in total. The summed E-state index contributed by atoms with van der Waals surface area (Å²) in [6.07, 6.45) is 3.63. The Bertz CT molecular complexity index is 200. The normalized spacial score (nSPS) is 14.4. The first-order valence-electron chi connectivity index (χ1n) is 3.02. The van der Waals surface area contributed by atoms with Gasteiger partial charge in [-0.1, -0.05) is 56.1 Å². The Kier molecular flexibility index (Phi) is 6.30. The molecule has 0 rings (SSSR count). The van der Waals surface area contributed by atoms with Crippen molar-refractivity contribution in [2.45, 2.75) is 6.92 Å². The number of alkyl halides is 1. The Balaban J connectivity index is 4.62. The number of hydrogen-bond donors (Lipinski definition) is 0. The van der Waals surface area contributed by atoms with Crippen LogP contribution >= 0.6 is 43.5 Å². The largest absolute Gasteiger partial charge is 0.0987 e. The van der Waals surface area contributed by atoms with Gasteiger partial charge in [-0.3, -0.25) is 0 Å². The Labute approximate surface area is 89.3 Å². The molecule has 0 heterocycles. The van der Waals surface area contributed by atoms with E-state index in [2.05, 4.69) is 38.4 Å². The highest BCUT2D eigenvalue weighted by Crippen LogP contribution is 2.19. The van der Waals surface area contributed by atoms with Gasteiger partial charge in [-0.25, -0.2) is 0 Å². The minimum Gasteiger partial charge on any atom is -0.0987 e. The number of allylic oxidation sites excluding steroid dienone is 5. The summed E-state index contributed by atoms with van der Waals surface area (Å²) in [6.45, 7) is 5.50. The lowest BCUT2D eigenvalue weighted by molar-refractivity contribution is 1.54. The van der Waals surface area contributed by atoms with E-state index in [1.807, 2.05) is 13.0 Å². The van der Waals surface area contributed by atoms with Crippen LogP contribution in [0.5, 0.6) is 0 Å². The summed E-state index contributed by atoms with van der Waals surface area (Å²) in [5.41, 5.74) is 1.09. The molecule has 0 saturated heterocycles. The first-order chi connectivity index (χ1) is 5.11. The third kappa shape index (κ3) is 4.83. The molecule has 0 atom stereocenters. The van der Waals surface area contributed by atoms with E-state index in [-0.39, 0.29) is 0 Å². The van der Waals surface area contributed by atoms with Crippen LogP contribution in [-0.4, -0.2) is 5.33 Å². The van der Waals surface area contributed by atoms with E-state index < -0.39 is 0 Å². The van der Waals surface area contributed by atoms with Gasteiger partial charge >= 0.3 is 0 Å². The second-order valence-corrected chi connectivity index (χ2v) is 3.95. The van der Waals surface area contributed by atoms with Crippen molar-refractivity contribution in [1.82, 2.24) is 0 Å². The Morgan fingerprint density at radius 3 is 2.45 bits per heavy atom. The SMILES string of the molecule is C=C/C(CBr)=C(Br)\C=C(/C)Cl. The minimum absolute atomic E-state index is 0.747. The molecule has 11 heavy (non-hydrogen) atoms. The molecule has 0 aromatic carbocycles. The van der Waals surface area contributed by atoms with Gasteiger partial charge in [0.1, 0.15) is 0 Å². The van der Waals surface area contributed by atoms with E-state index in [0.717, 1.165) is 20.4 Å². The number of halogens is 3. The molecular formula is C8H9Br2Cl. The average molecular weight is 300 g/mol. The summed E-state index contributed by atoms with van der Waals surface area (Å²) < 4.78 is 0.969. The zero-order valence-electron chi connectivity index (χ0n) is 6.20. The predicted octanol–water partition coefficient (Wildman–Crippen LogP) is 4.36. The second-order valence-electron chi connectivity index (χ2n) is 1.94. The van der Waals surface area contributed by atoms with Crippen LogP contribution < -0.4 is 0 Å².